The lowest BCUT2D eigenvalue weighted by Crippen LogP contribution is -2.52. The van der Waals surface area contributed by atoms with Gasteiger partial charge in [-0.3, -0.25) is 0 Å². The van der Waals surface area contributed by atoms with Gasteiger partial charge in [-0.2, -0.15) is 0 Å². The Bertz CT molecular complexity index is 1080. The Kier molecular flexibility index (Phi) is 8.76. The van der Waals surface area contributed by atoms with Crippen LogP contribution in [0.5, 0.6) is 17.2 Å². The summed E-state index contributed by atoms with van der Waals surface area (Å²) >= 11 is 0. The summed E-state index contributed by atoms with van der Waals surface area (Å²) in [6.45, 7) is 1.97. The van der Waals surface area contributed by atoms with E-state index >= 15 is 0 Å². The fourth-order valence-electron chi connectivity index (χ4n) is 4.73. The fourth-order valence-corrected chi connectivity index (χ4v) is 4.73. The Morgan fingerprint density at radius 2 is 1.80 bits per heavy atom. The van der Waals surface area contributed by atoms with Crippen molar-refractivity contribution < 1.29 is 38.1 Å². The predicted molar refractivity (Wildman–Crippen MR) is 131 cm³/mol. The van der Waals surface area contributed by atoms with Crippen molar-refractivity contribution in [1.82, 2.24) is 0 Å². The van der Waals surface area contributed by atoms with Crippen molar-refractivity contribution in [3.8, 4) is 17.2 Å². The lowest BCUT2D eigenvalue weighted by molar-refractivity contribution is -0.941. The number of esters is 1. The van der Waals surface area contributed by atoms with Gasteiger partial charge in [-0.1, -0.05) is 6.07 Å². The topological polar surface area (TPSA) is 91.3 Å². The smallest absolute Gasteiger partial charge is 0.331 e. The third-order valence-electron chi connectivity index (χ3n) is 6.65. The summed E-state index contributed by atoms with van der Waals surface area (Å²) in [4.78, 5) is 22.3. The highest BCUT2D eigenvalue weighted by molar-refractivity contribution is 5.90. The number of carboxylic acids is 1. The number of fused-ring (bicyclic) bond motifs is 1. The lowest BCUT2D eigenvalue weighted by atomic mass is 9.86. The molecule has 8 heteroatoms. The quantitative estimate of drug-likeness (QED) is 0.226. The van der Waals surface area contributed by atoms with Crippen molar-refractivity contribution in [3.05, 3.63) is 65.2 Å². The molecule has 0 aromatic heterocycles. The molecule has 0 saturated carbocycles. The van der Waals surface area contributed by atoms with Crippen LogP contribution in [0.4, 0.5) is 0 Å². The van der Waals surface area contributed by atoms with Gasteiger partial charge in [0.15, 0.2) is 11.5 Å². The Labute approximate surface area is 206 Å². The van der Waals surface area contributed by atoms with E-state index in [1.165, 1.54) is 11.1 Å². The molecule has 2 aromatic rings. The van der Waals surface area contributed by atoms with E-state index in [0.717, 1.165) is 53.9 Å². The molecule has 1 heterocycles. The lowest BCUT2D eigenvalue weighted by Gasteiger charge is -2.46. The van der Waals surface area contributed by atoms with Crippen LogP contribution < -0.4 is 14.2 Å². The maximum Gasteiger partial charge on any atom is 0.331 e. The molecule has 0 fully saturated rings. The summed E-state index contributed by atoms with van der Waals surface area (Å²) in [5.41, 5.74) is 3.72. The average molecular weight is 485 g/mol. The number of methoxy groups -OCH3 is 3. The Morgan fingerprint density at radius 1 is 1.03 bits per heavy atom. The second-order valence-electron chi connectivity index (χ2n) is 8.84. The molecular weight excluding hydrogens is 450 g/mol. The maximum atomic E-state index is 11.7. The molecule has 0 aliphatic carbocycles. The maximum absolute atomic E-state index is 11.7. The summed E-state index contributed by atoms with van der Waals surface area (Å²) in [5, 5.41) is 8.64. The number of nitrogens with zero attached hydrogens (tertiary/aromatic N) is 1. The third kappa shape index (κ3) is 6.54. The number of carbonyl (C=O) groups excluding carboxylic acids is 1. The molecule has 8 nitrogen and oxygen atoms in total. The van der Waals surface area contributed by atoms with Gasteiger partial charge in [-0.25, -0.2) is 9.59 Å². The minimum atomic E-state index is -1.18. The number of hydrogen-bond donors (Lipinski definition) is 1. The minimum Gasteiger partial charge on any atom is -0.497 e. The van der Waals surface area contributed by atoms with Gasteiger partial charge in [0.25, 0.3) is 0 Å². The highest BCUT2D eigenvalue weighted by Crippen LogP contribution is 2.40. The van der Waals surface area contributed by atoms with Crippen LogP contribution in [0.15, 0.2) is 48.6 Å². The van der Waals surface area contributed by atoms with E-state index in [9.17, 15) is 9.59 Å². The minimum absolute atomic E-state index is 0.186. The van der Waals surface area contributed by atoms with Gasteiger partial charge in [-0.05, 0) is 41.5 Å². The van der Waals surface area contributed by atoms with Crippen LogP contribution in [0.25, 0.3) is 0 Å². The van der Waals surface area contributed by atoms with E-state index in [4.69, 9.17) is 24.1 Å². The van der Waals surface area contributed by atoms with Crippen LogP contribution >= 0.6 is 0 Å². The zero-order valence-corrected chi connectivity index (χ0v) is 20.8. The molecule has 1 aliphatic heterocycles. The van der Waals surface area contributed by atoms with Gasteiger partial charge in [0, 0.05) is 37.0 Å². The molecule has 0 amide bonds. The molecule has 1 aliphatic rings. The van der Waals surface area contributed by atoms with Crippen molar-refractivity contribution in [3.63, 3.8) is 0 Å². The normalized spacial score (nSPS) is 19.1. The molecule has 3 rings (SSSR count). The number of rotatable bonds is 11. The second-order valence-corrected chi connectivity index (χ2v) is 8.84. The zero-order valence-electron chi connectivity index (χ0n) is 20.8. The fraction of sp³-hybridized carbons (Fsp3) is 0.407. The largest absolute Gasteiger partial charge is 0.497 e. The molecule has 0 radical (unpaired) electrons. The highest BCUT2D eigenvalue weighted by atomic mass is 16.5. The first-order valence-corrected chi connectivity index (χ1v) is 11.6. The molecule has 188 valence electrons. The molecule has 0 saturated heterocycles. The van der Waals surface area contributed by atoms with Crippen LogP contribution in [-0.4, -0.2) is 69.6 Å². The number of quaternary nitrogens is 1. The molecule has 1 N–H and O–H groups in total. The molecule has 2 atom stereocenters. The van der Waals surface area contributed by atoms with E-state index in [0.29, 0.717) is 17.9 Å². The van der Waals surface area contributed by atoms with Crippen molar-refractivity contribution in [2.45, 2.75) is 25.3 Å². The predicted octanol–water partition coefficient (Wildman–Crippen LogP) is 3.57. The van der Waals surface area contributed by atoms with Gasteiger partial charge >= 0.3 is 11.9 Å². The van der Waals surface area contributed by atoms with Gasteiger partial charge < -0.3 is 28.5 Å². The first-order chi connectivity index (χ1) is 16.8. The molecule has 0 spiro atoms. The number of ether oxygens (including phenoxy) is 4. The van der Waals surface area contributed by atoms with E-state index in [1.807, 2.05) is 18.2 Å². The van der Waals surface area contributed by atoms with Gasteiger partial charge in [0.2, 0.25) is 0 Å². The van der Waals surface area contributed by atoms with Crippen molar-refractivity contribution >= 4 is 11.9 Å². The summed E-state index contributed by atoms with van der Waals surface area (Å²) in [5.74, 6) is 0.424. The number of likely N-dealkylation sites (N-methyl/N-ethyl adjacent to an activating group) is 1. The van der Waals surface area contributed by atoms with E-state index in [-0.39, 0.29) is 12.6 Å². The number of hydrogen-bond acceptors (Lipinski definition) is 6. The van der Waals surface area contributed by atoms with Gasteiger partial charge in [0.05, 0.1) is 48.1 Å². The van der Waals surface area contributed by atoms with E-state index in [1.54, 1.807) is 21.3 Å². The number of aliphatic carboxylic acids is 1. The number of carbonyl (C=O) groups is 2. The monoisotopic (exact) mass is 484 g/mol. The van der Waals surface area contributed by atoms with E-state index < -0.39 is 11.9 Å². The molecule has 0 bridgehead atoms. The molecular formula is C27H34NO7+. The Morgan fingerprint density at radius 3 is 2.49 bits per heavy atom. The van der Waals surface area contributed by atoms with Crippen LogP contribution in [-0.2, 0) is 27.2 Å². The van der Waals surface area contributed by atoms with Crippen LogP contribution in [0.2, 0.25) is 0 Å². The second kappa shape index (κ2) is 11.8. The number of benzene rings is 2. The average Bonchev–Trinajstić information content (AvgIpc) is 2.86. The highest BCUT2D eigenvalue weighted by Gasteiger charge is 2.39. The first kappa shape index (κ1) is 26.1. The SMILES string of the molecule is COc1ccc2c(c1)CC[N@@+](C)(CCCOC(=O)/C=C\C(=O)O)[C@@H]2Cc1ccc(OC)c(OC)c1. The van der Waals surface area contributed by atoms with Crippen LogP contribution in [0, 0.1) is 0 Å². The van der Waals surface area contributed by atoms with Crippen LogP contribution in [0.3, 0.4) is 0 Å². The third-order valence-corrected chi connectivity index (χ3v) is 6.65. The Balaban J connectivity index is 1.81. The molecule has 0 unspecified atom stereocenters. The Hall–Kier alpha value is -3.52. The summed E-state index contributed by atoms with van der Waals surface area (Å²) < 4.78 is 22.3. The van der Waals surface area contributed by atoms with Crippen LogP contribution in [0.1, 0.15) is 29.2 Å². The summed E-state index contributed by atoms with van der Waals surface area (Å²) in [6.07, 6.45) is 4.11. The van der Waals surface area contributed by atoms with Gasteiger partial charge in [0.1, 0.15) is 11.8 Å². The summed E-state index contributed by atoms with van der Waals surface area (Å²) in [6, 6.07) is 12.5. The summed E-state index contributed by atoms with van der Waals surface area (Å²) in [7, 11) is 7.18. The van der Waals surface area contributed by atoms with E-state index in [2.05, 4.69) is 25.2 Å². The number of carboxylic acid groups (broad SMARTS) is 1. The molecule has 35 heavy (non-hydrogen) atoms. The van der Waals surface area contributed by atoms with Crippen molar-refractivity contribution in [1.29, 1.82) is 0 Å². The van der Waals surface area contributed by atoms with Crippen molar-refractivity contribution in [2.75, 3.05) is 48.1 Å². The zero-order chi connectivity index (χ0) is 25.4. The standard InChI is InChI=1S/C27H33NO7/c1-28(13-5-15-35-27(31)11-10-26(29)30)14-12-20-18-21(32-2)7-8-22(20)23(28)16-19-6-9-24(33-3)25(17-19)34-4/h6-11,17-18,23H,5,12-16H2,1-4H3/p+1/b11-10-/t23-,28-/m1/s1. The molecule has 2 aromatic carbocycles. The first-order valence-electron chi connectivity index (χ1n) is 11.6. The van der Waals surface area contributed by atoms with Crippen molar-refractivity contribution in [2.24, 2.45) is 0 Å². The van der Waals surface area contributed by atoms with Gasteiger partial charge in [-0.15, -0.1) is 0 Å².